The fourth-order valence-corrected chi connectivity index (χ4v) is 2.06. The Morgan fingerprint density at radius 1 is 1.08 bits per heavy atom. The number of benzene rings is 1. The number of carbonyl (C=O) groups is 2. The van der Waals surface area contributed by atoms with E-state index in [9.17, 15) is 9.59 Å². The lowest BCUT2D eigenvalue weighted by Gasteiger charge is -2.09. The summed E-state index contributed by atoms with van der Waals surface area (Å²) in [6.45, 7) is 1.07. The highest BCUT2D eigenvalue weighted by atomic mass is 16.5. The SMILES string of the molecule is O=C(O)CCCNC(=O)NCc1ccnc(OCc2ccccc2)c1. The number of carbonyl (C=O) groups excluding carboxylic acids is 1. The molecule has 0 atom stereocenters. The van der Waals surface area contributed by atoms with Crippen LogP contribution in [0.25, 0.3) is 0 Å². The van der Waals surface area contributed by atoms with E-state index in [4.69, 9.17) is 9.84 Å². The zero-order valence-corrected chi connectivity index (χ0v) is 13.8. The van der Waals surface area contributed by atoms with E-state index in [1.807, 2.05) is 30.3 Å². The van der Waals surface area contributed by atoms with E-state index < -0.39 is 5.97 Å². The van der Waals surface area contributed by atoms with Crippen molar-refractivity contribution in [2.24, 2.45) is 0 Å². The second-order valence-electron chi connectivity index (χ2n) is 5.38. The summed E-state index contributed by atoms with van der Waals surface area (Å²) < 4.78 is 5.65. The first-order chi connectivity index (χ1) is 12.1. The van der Waals surface area contributed by atoms with E-state index in [2.05, 4.69) is 15.6 Å². The molecule has 0 radical (unpaired) electrons. The van der Waals surface area contributed by atoms with Gasteiger partial charge in [-0.15, -0.1) is 0 Å². The van der Waals surface area contributed by atoms with E-state index in [1.165, 1.54) is 0 Å². The van der Waals surface area contributed by atoms with Crippen LogP contribution in [-0.2, 0) is 17.9 Å². The fourth-order valence-electron chi connectivity index (χ4n) is 2.06. The van der Waals surface area contributed by atoms with Crippen molar-refractivity contribution in [1.82, 2.24) is 15.6 Å². The van der Waals surface area contributed by atoms with E-state index >= 15 is 0 Å². The van der Waals surface area contributed by atoms with Crippen LogP contribution >= 0.6 is 0 Å². The second kappa shape index (κ2) is 9.92. The molecule has 132 valence electrons. The minimum absolute atomic E-state index is 0.0345. The molecule has 0 fully saturated rings. The van der Waals surface area contributed by atoms with Gasteiger partial charge in [0.15, 0.2) is 0 Å². The highest BCUT2D eigenvalue weighted by Gasteiger charge is 2.03. The number of urea groups is 1. The van der Waals surface area contributed by atoms with Gasteiger partial charge in [0.1, 0.15) is 6.61 Å². The minimum Gasteiger partial charge on any atom is -0.481 e. The molecule has 2 rings (SSSR count). The molecule has 0 spiro atoms. The average molecular weight is 343 g/mol. The number of nitrogens with one attached hydrogen (secondary N) is 2. The first-order valence-electron chi connectivity index (χ1n) is 7.98. The lowest BCUT2D eigenvalue weighted by Crippen LogP contribution is -2.35. The van der Waals surface area contributed by atoms with Crippen molar-refractivity contribution in [3.8, 4) is 5.88 Å². The Hall–Kier alpha value is -3.09. The number of nitrogens with zero attached hydrogens (tertiary/aromatic N) is 1. The smallest absolute Gasteiger partial charge is 0.315 e. The summed E-state index contributed by atoms with van der Waals surface area (Å²) >= 11 is 0. The van der Waals surface area contributed by atoms with Crippen molar-refractivity contribution in [3.63, 3.8) is 0 Å². The Kier molecular flexibility index (Phi) is 7.24. The van der Waals surface area contributed by atoms with Crippen LogP contribution in [-0.4, -0.2) is 28.6 Å². The van der Waals surface area contributed by atoms with Crippen LogP contribution in [0.2, 0.25) is 0 Å². The van der Waals surface area contributed by atoms with Gasteiger partial charge in [-0.1, -0.05) is 30.3 Å². The molecule has 0 aliphatic heterocycles. The first kappa shape index (κ1) is 18.3. The molecular formula is C18H21N3O4. The summed E-state index contributed by atoms with van der Waals surface area (Å²) in [7, 11) is 0. The van der Waals surface area contributed by atoms with Gasteiger partial charge in [0.25, 0.3) is 0 Å². The zero-order chi connectivity index (χ0) is 17.9. The molecule has 1 aromatic heterocycles. The summed E-state index contributed by atoms with van der Waals surface area (Å²) in [6, 6.07) is 13.0. The normalized spacial score (nSPS) is 10.1. The Morgan fingerprint density at radius 3 is 2.64 bits per heavy atom. The molecule has 3 N–H and O–H groups in total. The van der Waals surface area contributed by atoms with E-state index in [-0.39, 0.29) is 12.5 Å². The van der Waals surface area contributed by atoms with Crippen molar-refractivity contribution in [2.45, 2.75) is 26.0 Å². The molecule has 25 heavy (non-hydrogen) atoms. The summed E-state index contributed by atoms with van der Waals surface area (Å²) in [5, 5.41) is 13.8. The van der Waals surface area contributed by atoms with Crippen LogP contribution in [0, 0.1) is 0 Å². The van der Waals surface area contributed by atoms with Gasteiger partial charge in [-0.25, -0.2) is 9.78 Å². The third-order valence-corrected chi connectivity index (χ3v) is 3.33. The number of amides is 2. The largest absolute Gasteiger partial charge is 0.481 e. The number of carboxylic acid groups (broad SMARTS) is 1. The number of hydrogen-bond acceptors (Lipinski definition) is 4. The maximum absolute atomic E-state index is 11.6. The Morgan fingerprint density at radius 2 is 1.88 bits per heavy atom. The van der Waals surface area contributed by atoms with Crippen molar-refractivity contribution >= 4 is 12.0 Å². The maximum atomic E-state index is 11.6. The highest BCUT2D eigenvalue weighted by molar-refractivity contribution is 5.73. The molecule has 2 amide bonds. The highest BCUT2D eigenvalue weighted by Crippen LogP contribution is 2.11. The zero-order valence-electron chi connectivity index (χ0n) is 13.8. The molecule has 7 heteroatoms. The van der Waals surface area contributed by atoms with Gasteiger partial charge in [0.05, 0.1) is 0 Å². The van der Waals surface area contributed by atoms with Crippen LogP contribution in [0.15, 0.2) is 48.7 Å². The van der Waals surface area contributed by atoms with Gasteiger partial charge in [-0.05, 0) is 23.6 Å². The van der Waals surface area contributed by atoms with E-state index in [0.717, 1.165) is 11.1 Å². The summed E-state index contributed by atoms with van der Waals surface area (Å²) in [5.41, 5.74) is 1.91. The number of pyridine rings is 1. The minimum atomic E-state index is -0.873. The van der Waals surface area contributed by atoms with Gasteiger partial charge in [-0.3, -0.25) is 4.79 Å². The van der Waals surface area contributed by atoms with Crippen LogP contribution in [0.3, 0.4) is 0 Å². The third-order valence-electron chi connectivity index (χ3n) is 3.33. The van der Waals surface area contributed by atoms with Crippen LogP contribution in [0.4, 0.5) is 4.79 Å². The first-order valence-corrected chi connectivity index (χ1v) is 7.98. The van der Waals surface area contributed by atoms with Crippen LogP contribution in [0.5, 0.6) is 5.88 Å². The second-order valence-corrected chi connectivity index (χ2v) is 5.38. The van der Waals surface area contributed by atoms with Crippen molar-refractivity contribution in [2.75, 3.05) is 6.54 Å². The Bertz CT molecular complexity index is 692. The number of carboxylic acids is 1. The monoisotopic (exact) mass is 343 g/mol. The number of ether oxygens (including phenoxy) is 1. The topological polar surface area (TPSA) is 101 Å². The van der Waals surface area contributed by atoms with E-state index in [1.54, 1.807) is 18.3 Å². The molecule has 0 aliphatic carbocycles. The lowest BCUT2D eigenvalue weighted by atomic mass is 10.2. The molecule has 2 aromatic rings. The molecule has 1 heterocycles. The van der Waals surface area contributed by atoms with Gasteiger partial charge < -0.3 is 20.5 Å². The van der Waals surface area contributed by atoms with Crippen LogP contribution < -0.4 is 15.4 Å². The standard InChI is InChI=1S/C18H21N3O4/c22-17(23)7-4-9-20-18(24)21-12-15-8-10-19-16(11-15)25-13-14-5-2-1-3-6-14/h1-3,5-6,8,10-11H,4,7,9,12-13H2,(H,22,23)(H2,20,21,24). The van der Waals surface area contributed by atoms with Crippen molar-refractivity contribution in [1.29, 1.82) is 0 Å². The van der Waals surface area contributed by atoms with E-state index in [0.29, 0.717) is 32.0 Å². The van der Waals surface area contributed by atoms with Crippen molar-refractivity contribution < 1.29 is 19.4 Å². The average Bonchev–Trinajstić information content (AvgIpc) is 2.63. The fraction of sp³-hybridized carbons (Fsp3) is 0.278. The Labute approximate surface area is 146 Å². The van der Waals surface area contributed by atoms with Gasteiger partial charge in [0, 0.05) is 31.8 Å². The van der Waals surface area contributed by atoms with Crippen molar-refractivity contribution in [3.05, 3.63) is 59.8 Å². The quantitative estimate of drug-likeness (QED) is 0.607. The van der Waals surface area contributed by atoms with Crippen LogP contribution in [0.1, 0.15) is 24.0 Å². The lowest BCUT2D eigenvalue weighted by molar-refractivity contribution is -0.137. The molecule has 0 saturated heterocycles. The summed E-state index contributed by atoms with van der Waals surface area (Å²) in [4.78, 5) is 26.2. The molecule has 1 aromatic carbocycles. The molecule has 0 bridgehead atoms. The maximum Gasteiger partial charge on any atom is 0.315 e. The number of aromatic nitrogens is 1. The third kappa shape index (κ3) is 7.34. The number of rotatable bonds is 9. The Balaban J connectivity index is 1.73. The van der Waals surface area contributed by atoms with Gasteiger partial charge in [0.2, 0.25) is 5.88 Å². The molecule has 0 saturated carbocycles. The van der Waals surface area contributed by atoms with Gasteiger partial charge >= 0.3 is 12.0 Å². The number of hydrogen-bond donors (Lipinski definition) is 3. The molecule has 7 nitrogen and oxygen atoms in total. The summed E-state index contributed by atoms with van der Waals surface area (Å²) in [5.74, 6) is -0.382. The predicted molar refractivity (Wildman–Crippen MR) is 92.1 cm³/mol. The molecular weight excluding hydrogens is 322 g/mol. The molecule has 0 aliphatic rings. The molecule has 0 unspecified atom stereocenters. The predicted octanol–water partition coefficient (Wildman–Crippen LogP) is 2.32. The number of aliphatic carboxylic acids is 1. The van der Waals surface area contributed by atoms with Gasteiger partial charge in [-0.2, -0.15) is 0 Å². The summed E-state index contributed by atoms with van der Waals surface area (Å²) in [6.07, 6.45) is 2.06.